The molecule has 5 nitrogen and oxygen atoms in total. The summed E-state index contributed by atoms with van der Waals surface area (Å²) in [6.45, 7) is 1.63. The van der Waals surface area contributed by atoms with Crippen molar-refractivity contribution in [3.8, 4) is 11.5 Å². The SMILES string of the molecule is CCOC(=O)C(F)[C@H](N)c1cc(Cl)c(O)c(OC)c1. The van der Waals surface area contributed by atoms with Crippen LogP contribution in [0.3, 0.4) is 0 Å². The molecule has 1 unspecified atom stereocenters. The number of carbonyl (C=O) groups is 1. The van der Waals surface area contributed by atoms with E-state index in [1.807, 2.05) is 0 Å². The molecule has 0 spiro atoms. The highest BCUT2D eigenvalue weighted by Gasteiger charge is 2.29. The van der Waals surface area contributed by atoms with Crippen LogP contribution in [0.2, 0.25) is 5.02 Å². The first kappa shape index (κ1) is 15.5. The van der Waals surface area contributed by atoms with Gasteiger partial charge in [0, 0.05) is 0 Å². The van der Waals surface area contributed by atoms with Crippen molar-refractivity contribution in [1.29, 1.82) is 0 Å². The van der Waals surface area contributed by atoms with E-state index in [1.54, 1.807) is 6.92 Å². The van der Waals surface area contributed by atoms with Crippen LogP contribution in [0.4, 0.5) is 4.39 Å². The van der Waals surface area contributed by atoms with Crippen LogP contribution < -0.4 is 10.5 Å². The van der Waals surface area contributed by atoms with E-state index in [2.05, 4.69) is 4.74 Å². The number of hydrogen-bond donors (Lipinski definition) is 2. The summed E-state index contributed by atoms with van der Waals surface area (Å²) >= 11 is 5.76. The van der Waals surface area contributed by atoms with E-state index in [0.29, 0.717) is 0 Å². The summed E-state index contributed by atoms with van der Waals surface area (Å²) in [5.41, 5.74) is 5.86. The number of halogens is 2. The van der Waals surface area contributed by atoms with Crippen LogP contribution in [-0.2, 0) is 9.53 Å². The van der Waals surface area contributed by atoms with Crippen LogP contribution >= 0.6 is 11.6 Å². The minimum Gasteiger partial charge on any atom is -0.503 e. The van der Waals surface area contributed by atoms with Gasteiger partial charge in [0.15, 0.2) is 11.5 Å². The van der Waals surface area contributed by atoms with Crippen molar-refractivity contribution in [1.82, 2.24) is 0 Å². The van der Waals surface area contributed by atoms with Gasteiger partial charge in [-0.25, -0.2) is 9.18 Å². The topological polar surface area (TPSA) is 81.8 Å². The molecule has 0 fully saturated rings. The van der Waals surface area contributed by atoms with E-state index >= 15 is 0 Å². The minimum atomic E-state index is -2.02. The molecule has 3 N–H and O–H groups in total. The van der Waals surface area contributed by atoms with Crippen LogP contribution in [0.25, 0.3) is 0 Å². The number of carbonyl (C=O) groups excluding carboxylic acids is 1. The van der Waals surface area contributed by atoms with E-state index in [4.69, 9.17) is 22.1 Å². The van der Waals surface area contributed by atoms with Crippen molar-refractivity contribution >= 4 is 17.6 Å². The third-order valence-electron chi connectivity index (χ3n) is 2.48. The van der Waals surface area contributed by atoms with Gasteiger partial charge in [-0.2, -0.15) is 0 Å². The number of hydrogen-bond acceptors (Lipinski definition) is 5. The Hall–Kier alpha value is -1.53. The normalized spacial score (nSPS) is 13.7. The van der Waals surface area contributed by atoms with Crippen LogP contribution in [-0.4, -0.2) is 31.0 Å². The lowest BCUT2D eigenvalue weighted by Gasteiger charge is -2.17. The third-order valence-corrected chi connectivity index (χ3v) is 2.77. The van der Waals surface area contributed by atoms with Gasteiger partial charge in [-0.1, -0.05) is 11.6 Å². The Kier molecular flexibility index (Phi) is 5.38. The highest BCUT2D eigenvalue weighted by Crippen LogP contribution is 2.37. The number of phenols is 1. The number of ether oxygens (including phenoxy) is 2. The summed E-state index contributed by atoms with van der Waals surface area (Å²) in [6, 6.07) is 1.33. The second kappa shape index (κ2) is 6.58. The van der Waals surface area contributed by atoms with Crippen molar-refractivity contribution < 1.29 is 23.8 Å². The smallest absolute Gasteiger partial charge is 0.342 e. The Bertz CT molecular complexity index is 469. The summed E-state index contributed by atoms with van der Waals surface area (Å²) in [6.07, 6.45) is -2.02. The Balaban J connectivity index is 3.02. The van der Waals surface area contributed by atoms with Crippen LogP contribution in [0.5, 0.6) is 11.5 Å². The second-order valence-corrected chi connectivity index (χ2v) is 4.14. The fraction of sp³-hybridized carbons (Fsp3) is 0.417. The standard InChI is InChI=1S/C12H15ClFNO4/c1-3-19-12(17)9(14)10(15)6-4-7(13)11(16)8(5-6)18-2/h4-5,9-10,16H,3,15H2,1-2H3/t9?,10-/m1/s1. The average Bonchev–Trinajstić information content (AvgIpc) is 2.40. The number of nitrogens with two attached hydrogens (primary N) is 1. The second-order valence-electron chi connectivity index (χ2n) is 3.73. The fourth-order valence-electron chi connectivity index (χ4n) is 1.48. The molecule has 2 atom stereocenters. The molecule has 0 radical (unpaired) electrons. The predicted octanol–water partition coefficient (Wildman–Crippen LogP) is 1.96. The van der Waals surface area contributed by atoms with Gasteiger partial charge in [-0.15, -0.1) is 0 Å². The summed E-state index contributed by atoms with van der Waals surface area (Å²) in [5.74, 6) is -1.26. The maximum Gasteiger partial charge on any atom is 0.342 e. The van der Waals surface area contributed by atoms with Crippen molar-refractivity contribution in [2.24, 2.45) is 5.73 Å². The molecule has 1 rings (SSSR count). The largest absolute Gasteiger partial charge is 0.503 e. The molecule has 1 aromatic carbocycles. The van der Waals surface area contributed by atoms with Gasteiger partial charge in [-0.3, -0.25) is 0 Å². The van der Waals surface area contributed by atoms with Gasteiger partial charge in [-0.05, 0) is 24.6 Å². The van der Waals surface area contributed by atoms with Crippen LogP contribution in [0.1, 0.15) is 18.5 Å². The number of alkyl halides is 1. The molecule has 0 bridgehead atoms. The monoisotopic (exact) mass is 291 g/mol. The lowest BCUT2D eigenvalue weighted by Crippen LogP contribution is -2.31. The molecule has 0 aliphatic heterocycles. The number of methoxy groups -OCH3 is 1. The van der Waals surface area contributed by atoms with Crippen LogP contribution in [0.15, 0.2) is 12.1 Å². The number of rotatable bonds is 5. The Morgan fingerprint density at radius 2 is 2.21 bits per heavy atom. The Morgan fingerprint density at radius 1 is 1.58 bits per heavy atom. The van der Waals surface area contributed by atoms with E-state index in [0.717, 1.165) is 0 Å². The Morgan fingerprint density at radius 3 is 2.74 bits per heavy atom. The molecule has 0 aliphatic carbocycles. The maximum atomic E-state index is 13.8. The van der Waals surface area contributed by atoms with Crippen molar-refractivity contribution in [2.45, 2.75) is 19.1 Å². The summed E-state index contributed by atoms with van der Waals surface area (Å²) in [7, 11) is 1.32. The first-order valence-electron chi connectivity index (χ1n) is 5.55. The zero-order chi connectivity index (χ0) is 14.6. The van der Waals surface area contributed by atoms with Gasteiger partial charge < -0.3 is 20.3 Å². The zero-order valence-electron chi connectivity index (χ0n) is 10.5. The third kappa shape index (κ3) is 3.48. The fourth-order valence-corrected chi connectivity index (χ4v) is 1.70. The zero-order valence-corrected chi connectivity index (χ0v) is 11.3. The van der Waals surface area contributed by atoms with Gasteiger partial charge in [0.1, 0.15) is 0 Å². The minimum absolute atomic E-state index is 0.0409. The molecule has 0 saturated carbocycles. The molecule has 106 valence electrons. The van der Waals surface area contributed by atoms with Crippen molar-refractivity contribution in [2.75, 3.05) is 13.7 Å². The quantitative estimate of drug-likeness (QED) is 0.810. The van der Waals surface area contributed by atoms with Crippen molar-refractivity contribution in [3.63, 3.8) is 0 Å². The lowest BCUT2D eigenvalue weighted by atomic mass is 10.0. The van der Waals surface area contributed by atoms with Gasteiger partial charge in [0.2, 0.25) is 6.17 Å². The number of aromatic hydroxyl groups is 1. The summed E-state index contributed by atoms with van der Waals surface area (Å²) in [5, 5.41) is 9.51. The van der Waals surface area contributed by atoms with E-state index in [9.17, 15) is 14.3 Å². The first-order valence-corrected chi connectivity index (χ1v) is 5.92. The molecule has 0 aromatic heterocycles. The molecule has 1 aromatic rings. The highest BCUT2D eigenvalue weighted by atomic mass is 35.5. The molecule has 7 heteroatoms. The Labute approximate surface area is 115 Å². The molecular weight excluding hydrogens is 277 g/mol. The maximum absolute atomic E-state index is 13.8. The molecule has 0 amide bonds. The molecule has 0 heterocycles. The van der Waals surface area contributed by atoms with Crippen LogP contribution in [0, 0.1) is 0 Å². The lowest BCUT2D eigenvalue weighted by molar-refractivity contribution is -0.149. The van der Waals surface area contributed by atoms with Gasteiger partial charge in [0.25, 0.3) is 0 Å². The number of phenolic OH excluding ortho intramolecular Hbond substituents is 1. The summed E-state index contributed by atoms with van der Waals surface area (Å²) in [4.78, 5) is 11.3. The molecular formula is C12H15ClFNO4. The van der Waals surface area contributed by atoms with E-state index in [-0.39, 0.29) is 28.7 Å². The van der Waals surface area contributed by atoms with E-state index in [1.165, 1.54) is 19.2 Å². The average molecular weight is 292 g/mol. The molecule has 0 aliphatic rings. The van der Waals surface area contributed by atoms with Gasteiger partial charge >= 0.3 is 5.97 Å². The first-order chi connectivity index (χ1) is 8.92. The number of benzene rings is 1. The number of esters is 1. The molecule has 0 saturated heterocycles. The molecule has 19 heavy (non-hydrogen) atoms. The van der Waals surface area contributed by atoms with Gasteiger partial charge in [0.05, 0.1) is 24.8 Å². The van der Waals surface area contributed by atoms with Crippen molar-refractivity contribution in [3.05, 3.63) is 22.7 Å². The van der Waals surface area contributed by atoms with E-state index < -0.39 is 18.2 Å². The highest BCUT2D eigenvalue weighted by molar-refractivity contribution is 6.32. The summed E-state index contributed by atoms with van der Waals surface area (Å²) < 4.78 is 23.2. The predicted molar refractivity (Wildman–Crippen MR) is 68.1 cm³/mol.